The Labute approximate surface area is 162 Å². The van der Waals surface area contributed by atoms with Crippen LogP contribution in [0.2, 0.25) is 0 Å². The summed E-state index contributed by atoms with van der Waals surface area (Å²) in [4.78, 5) is 14.8. The van der Waals surface area contributed by atoms with Crippen molar-refractivity contribution < 1.29 is 21.6 Å². The molecule has 152 valence electrons. The molecule has 0 aromatic carbocycles. The van der Waals surface area contributed by atoms with Crippen LogP contribution in [0.3, 0.4) is 0 Å². The highest BCUT2D eigenvalue weighted by molar-refractivity contribution is 7.93. The Morgan fingerprint density at radius 1 is 1.04 bits per heavy atom. The summed E-state index contributed by atoms with van der Waals surface area (Å²) in [6.45, 7) is 1.22. The van der Waals surface area contributed by atoms with Gasteiger partial charge in [0.15, 0.2) is 24.4 Å². The molecule has 7 nitrogen and oxygen atoms in total. The molecule has 1 saturated carbocycles. The lowest BCUT2D eigenvalue weighted by molar-refractivity contribution is -0.135. The predicted octanol–water partition coefficient (Wildman–Crippen LogP) is 0.535. The van der Waals surface area contributed by atoms with E-state index < -0.39 is 35.1 Å². The van der Waals surface area contributed by atoms with Gasteiger partial charge in [0, 0.05) is 19.3 Å². The van der Waals surface area contributed by atoms with Gasteiger partial charge >= 0.3 is 0 Å². The van der Waals surface area contributed by atoms with Crippen molar-refractivity contribution in [1.82, 2.24) is 10.2 Å². The molecule has 1 aliphatic carbocycles. The van der Waals surface area contributed by atoms with Gasteiger partial charge in [0.25, 0.3) is 0 Å². The summed E-state index contributed by atoms with van der Waals surface area (Å²) in [6, 6.07) is 0. The number of carbonyl (C=O) groups is 1. The topological polar surface area (TPSA) is 101 Å². The molecule has 2 aliphatic heterocycles. The quantitative estimate of drug-likeness (QED) is 0.688. The summed E-state index contributed by atoms with van der Waals surface area (Å²) in [5.74, 6) is -0.451. The van der Waals surface area contributed by atoms with Gasteiger partial charge in [-0.2, -0.15) is 0 Å². The van der Waals surface area contributed by atoms with Gasteiger partial charge in [-0.3, -0.25) is 4.79 Å². The Bertz CT molecular complexity index is 739. The molecule has 1 spiro atoms. The second kappa shape index (κ2) is 7.56. The van der Waals surface area contributed by atoms with E-state index in [1.54, 1.807) is 4.90 Å². The van der Waals surface area contributed by atoms with Gasteiger partial charge < -0.3 is 10.2 Å². The molecule has 0 aromatic rings. The van der Waals surface area contributed by atoms with Gasteiger partial charge in [0.1, 0.15) is 0 Å². The van der Waals surface area contributed by atoms with E-state index in [-0.39, 0.29) is 44.1 Å². The van der Waals surface area contributed by atoms with Gasteiger partial charge in [0.2, 0.25) is 5.91 Å². The summed E-state index contributed by atoms with van der Waals surface area (Å²) in [7, 11) is -6.84. The van der Waals surface area contributed by atoms with E-state index in [4.69, 9.17) is 0 Å². The standard InChI is InChI=1S/C16H28N2O5S2.ClH/c1-24(20,21)16(7-9-17-10-8-16)14(19)18-11-12-25(22,23)15(13-18)5-3-2-4-6-15;/h17H,2-13H2,1H3;1H. The van der Waals surface area contributed by atoms with E-state index in [1.165, 1.54) is 0 Å². The predicted molar refractivity (Wildman–Crippen MR) is 103 cm³/mol. The lowest BCUT2D eigenvalue weighted by Gasteiger charge is -2.47. The van der Waals surface area contributed by atoms with Crippen molar-refractivity contribution in [3.63, 3.8) is 0 Å². The van der Waals surface area contributed by atoms with Crippen molar-refractivity contribution in [3.05, 3.63) is 0 Å². The molecular weight excluding hydrogens is 400 g/mol. The van der Waals surface area contributed by atoms with Crippen LogP contribution in [-0.4, -0.2) is 75.3 Å². The number of hydrogen-bond donors (Lipinski definition) is 1. The second-order valence-electron chi connectivity index (χ2n) is 7.81. The first kappa shape index (κ1) is 21.9. The molecule has 3 fully saturated rings. The molecule has 0 atom stereocenters. The average molecular weight is 429 g/mol. The summed E-state index contributed by atoms with van der Waals surface area (Å²) in [6.07, 6.45) is 5.50. The number of piperidine rings is 1. The van der Waals surface area contributed by atoms with Gasteiger partial charge in [-0.1, -0.05) is 19.3 Å². The summed E-state index contributed by atoms with van der Waals surface area (Å²) in [5, 5.41) is 3.11. The maximum Gasteiger partial charge on any atom is 0.244 e. The van der Waals surface area contributed by atoms with E-state index >= 15 is 0 Å². The molecule has 3 rings (SSSR count). The van der Waals surface area contributed by atoms with E-state index in [0.717, 1.165) is 25.5 Å². The molecule has 0 radical (unpaired) electrons. The first-order valence-corrected chi connectivity index (χ1v) is 12.6. The Balaban J connectivity index is 0.00000243. The number of carbonyl (C=O) groups excluding carboxylic acids is 1. The number of halogens is 1. The van der Waals surface area contributed by atoms with Crippen LogP contribution >= 0.6 is 12.4 Å². The molecule has 3 aliphatic rings. The summed E-state index contributed by atoms with van der Waals surface area (Å²) < 4.78 is 48.1. The van der Waals surface area contributed by atoms with Crippen molar-refractivity contribution in [2.24, 2.45) is 0 Å². The monoisotopic (exact) mass is 428 g/mol. The average Bonchev–Trinajstić information content (AvgIpc) is 2.57. The Morgan fingerprint density at radius 3 is 2.15 bits per heavy atom. The Hall–Kier alpha value is -0.380. The highest BCUT2D eigenvalue weighted by Crippen LogP contribution is 2.40. The van der Waals surface area contributed by atoms with Crippen molar-refractivity contribution in [1.29, 1.82) is 0 Å². The zero-order valence-electron chi connectivity index (χ0n) is 15.2. The van der Waals surface area contributed by atoms with Gasteiger partial charge in [-0.05, 0) is 38.8 Å². The van der Waals surface area contributed by atoms with Crippen LogP contribution in [0.15, 0.2) is 0 Å². The summed E-state index contributed by atoms with van der Waals surface area (Å²) >= 11 is 0. The van der Waals surface area contributed by atoms with Gasteiger partial charge in [-0.15, -0.1) is 12.4 Å². The molecule has 1 N–H and O–H groups in total. The maximum absolute atomic E-state index is 13.3. The first-order chi connectivity index (χ1) is 11.6. The third-order valence-corrected chi connectivity index (χ3v) is 10.9. The molecule has 2 saturated heterocycles. The lowest BCUT2D eigenvalue weighted by atomic mass is 9.87. The van der Waals surface area contributed by atoms with Crippen molar-refractivity contribution in [2.75, 3.05) is 38.2 Å². The highest BCUT2D eigenvalue weighted by atomic mass is 35.5. The number of nitrogens with one attached hydrogen (secondary N) is 1. The minimum atomic E-state index is -3.59. The number of amides is 1. The zero-order valence-corrected chi connectivity index (χ0v) is 17.6. The normalized spacial score (nSPS) is 27.5. The van der Waals surface area contributed by atoms with E-state index in [9.17, 15) is 21.6 Å². The fourth-order valence-electron chi connectivity index (χ4n) is 4.67. The van der Waals surface area contributed by atoms with Crippen LogP contribution in [0.4, 0.5) is 0 Å². The summed E-state index contributed by atoms with van der Waals surface area (Å²) in [5.41, 5.74) is 0. The van der Waals surface area contributed by atoms with E-state index in [1.807, 2.05) is 0 Å². The molecule has 10 heteroatoms. The maximum atomic E-state index is 13.3. The van der Waals surface area contributed by atoms with Crippen LogP contribution in [-0.2, 0) is 24.5 Å². The number of nitrogens with zero attached hydrogens (tertiary/aromatic N) is 1. The number of rotatable bonds is 2. The van der Waals surface area contributed by atoms with Crippen molar-refractivity contribution >= 4 is 38.0 Å². The third kappa shape index (κ3) is 3.52. The fourth-order valence-corrected chi connectivity index (χ4v) is 8.22. The molecule has 26 heavy (non-hydrogen) atoms. The van der Waals surface area contributed by atoms with Crippen molar-refractivity contribution in [3.8, 4) is 0 Å². The first-order valence-electron chi connectivity index (χ1n) is 9.06. The second-order valence-corrected chi connectivity index (χ2v) is 12.6. The number of sulfone groups is 2. The molecule has 1 amide bonds. The van der Waals surface area contributed by atoms with Gasteiger partial charge in [-0.25, -0.2) is 16.8 Å². The van der Waals surface area contributed by atoms with Crippen LogP contribution in [0.1, 0.15) is 44.9 Å². The largest absolute Gasteiger partial charge is 0.339 e. The lowest BCUT2D eigenvalue weighted by Crippen LogP contribution is -2.64. The highest BCUT2D eigenvalue weighted by Gasteiger charge is 2.55. The minimum Gasteiger partial charge on any atom is -0.339 e. The minimum absolute atomic E-state index is 0. The van der Waals surface area contributed by atoms with Crippen molar-refractivity contribution in [2.45, 2.75) is 54.4 Å². The SMILES string of the molecule is CS(=O)(=O)C1(C(=O)N2CCS(=O)(=O)C3(CCCCC3)C2)CCNCC1.Cl. The molecule has 0 unspecified atom stereocenters. The molecular formula is C16H29ClN2O5S2. The van der Waals surface area contributed by atoms with Crippen LogP contribution < -0.4 is 5.32 Å². The Morgan fingerprint density at radius 2 is 1.62 bits per heavy atom. The smallest absolute Gasteiger partial charge is 0.244 e. The molecule has 0 aromatic heterocycles. The van der Waals surface area contributed by atoms with Gasteiger partial charge in [0.05, 0.1) is 10.5 Å². The molecule has 2 heterocycles. The van der Waals surface area contributed by atoms with E-state index in [0.29, 0.717) is 25.9 Å². The third-order valence-electron chi connectivity index (χ3n) is 6.33. The Kier molecular flexibility index (Phi) is 6.37. The zero-order chi connectivity index (χ0) is 18.3. The molecule has 0 bridgehead atoms. The van der Waals surface area contributed by atoms with Crippen LogP contribution in [0.5, 0.6) is 0 Å². The van der Waals surface area contributed by atoms with E-state index in [2.05, 4.69) is 5.32 Å². The fraction of sp³-hybridized carbons (Fsp3) is 0.938. The van der Waals surface area contributed by atoms with Crippen LogP contribution in [0, 0.1) is 0 Å². The number of hydrogen-bond acceptors (Lipinski definition) is 6. The van der Waals surface area contributed by atoms with Crippen LogP contribution in [0.25, 0.3) is 0 Å².